The standard InChI is InChI=1S/C25H19Cl2N3O6S.Na/c1-13-20(10-15(26)11-22(13)37(33,34)35)29-30-23-17-6-4-3-5-14(17)9-18(24(23)31)25(32)28-16-7-8-19(27)21(12-16)36-2;/h3-12,31H,1-2H3,(H,28,32)(H,33,34,35);/q;+1/p-1. The molecular weight excluding hydrogens is 564 g/mol. The molecule has 0 aliphatic carbocycles. The van der Waals surface area contributed by atoms with Gasteiger partial charge in [-0.15, -0.1) is 0 Å². The zero-order valence-corrected chi connectivity index (χ0v) is 24.6. The number of halogens is 2. The number of carbonyl (C=O) groups excluding carboxylic acids is 1. The third-order valence-electron chi connectivity index (χ3n) is 5.46. The van der Waals surface area contributed by atoms with Crippen LogP contribution in [0.15, 0.2) is 75.8 Å². The molecule has 4 aromatic carbocycles. The van der Waals surface area contributed by atoms with Gasteiger partial charge in [0.15, 0.2) is 0 Å². The van der Waals surface area contributed by atoms with E-state index in [4.69, 9.17) is 27.9 Å². The fourth-order valence-corrected chi connectivity index (χ4v) is 4.87. The van der Waals surface area contributed by atoms with Crippen LogP contribution in [0.1, 0.15) is 15.9 Å². The van der Waals surface area contributed by atoms with Crippen LogP contribution in [-0.2, 0) is 10.1 Å². The zero-order chi connectivity index (χ0) is 26.9. The maximum Gasteiger partial charge on any atom is 1.00 e. The van der Waals surface area contributed by atoms with Crippen LogP contribution in [-0.4, -0.2) is 26.0 Å². The van der Waals surface area contributed by atoms with Crippen molar-refractivity contribution in [1.82, 2.24) is 0 Å². The number of nitrogens with zero attached hydrogens (tertiary/aromatic N) is 2. The topological polar surface area (TPSA) is 140 Å². The van der Waals surface area contributed by atoms with Gasteiger partial charge < -0.3 is 15.2 Å². The Bertz CT molecular complexity index is 1700. The molecule has 190 valence electrons. The third-order valence-corrected chi connectivity index (χ3v) is 6.97. The van der Waals surface area contributed by atoms with E-state index in [0.717, 1.165) is 6.07 Å². The summed E-state index contributed by atoms with van der Waals surface area (Å²) in [6.45, 7) is 1.41. The number of amides is 1. The van der Waals surface area contributed by atoms with E-state index in [1.807, 2.05) is 0 Å². The normalized spacial score (nSPS) is 11.4. The SMILES string of the molecule is COc1cc(NC(=O)c2cc3ccccc3c(N=Nc3cc(Cl)cc(S(=O)(=O)O)c3C)c2[O-])ccc1Cl.[Na+]. The summed E-state index contributed by atoms with van der Waals surface area (Å²) in [5.41, 5.74) is 0.131. The predicted molar refractivity (Wildman–Crippen MR) is 140 cm³/mol. The Kier molecular flexibility index (Phi) is 9.43. The van der Waals surface area contributed by atoms with Gasteiger partial charge in [-0.3, -0.25) is 9.35 Å². The van der Waals surface area contributed by atoms with E-state index in [-0.39, 0.29) is 57.1 Å². The Labute approximate surface area is 250 Å². The molecule has 9 nitrogen and oxygen atoms in total. The van der Waals surface area contributed by atoms with Gasteiger partial charge in [0, 0.05) is 27.7 Å². The Morgan fingerprint density at radius 1 is 1.05 bits per heavy atom. The quantitative estimate of drug-likeness (QED) is 0.203. The van der Waals surface area contributed by atoms with Gasteiger partial charge in [0.25, 0.3) is 16.0 Å². The molecular formula is C25H18Cl2N3NaO6S. The largest absolute Gasteiger partial charge is 1.00 e. The third kappa shape index (κ3) is 6.29. The Hall–Kier alpha value is -2.70. The monoisotopic (exact) mass is 581 g/mol. The number of carbonyl (C=O) groups is 1. The molecule has 0 heterocycles. The van der Waals surface area contributed by atoms with Crippen LogP contribution in [0.3, 0.4) is 0 Å². The van der Waals surface area contributed by atoms with Crippen LogP contribution < -0.4 is 44.7 Å². The minimum atomic E-state index is -4.58. The summed E-state index contributed by atoms with van der Waals surface area (Å²) < 4.78 is 38.1. The Morgan fingerprint density at radius 2 is 1.76 bits per heavy atom. The fraction of sp³-hybridized carbons (Fsp3) is 0.0800. The summed E-state index contributed by atoms with van der Waals surface area (Å²) in [5.74, 6) is -1.05. The minimum absolute atomic E-state index is 0. The van der Waals surface area contributed by atoms with Crippen LogP contribution in [0.2, 0.25) is 10.0 Å². The van der Waals surface area contributed by atoms with Gasteiger partial charge in [-0.1, -0.05) is 53.2 Å². The average molecular weight is 582 g/mol. The van der Waals surface area contributed by atoms with E-state index < -0.39 is 26.7 Å². The van der Waals surface area contributed by atoms with Crippen LogP contribution in [0.5, 0.6) is 11.5 Å². The zero-order valence-electron chi connectivity index (χ0n) is 20.3. The summed E-state index contributed by atoms with van der Waals surface area (Å²) in [5, 5.41) is 25.5. The van der Waals surface area contributed by atoms with Gasteiger partial charge in [0.05, 0.1) is 23.5 Å². The number of ether oxygens (including phenoxy) is 1. The molecule has 0 radical (unpaired) electrons. The number of fused-ring (bicyclic) bond motifs is 1. The van der Waals surface area contributed by atoms with E-state index >= 15 is 0 Å². The summed E-state index contributed by atoms with van der Waals surface area (Å²) >= 11 is 12.0. The molecule has 4 rings (SSSR count). The van der Waals surface area contributed by atoms with Crippen LogP contribution in [0.4, 0.5) is 17.1 Å². The number of azo groups is 1. The van der Waals surface area contributed by atoms with Gasteiger partial charge in [-0.05, 0) is 48.2 Å². The van der Waals surface area contributed by atoms with Crippen molar-refractivity contribution in [2.45, 2.75) is 11.8 Å². The van der Waals surface area contributed by atoms with Crippen molar-refractivity contribution < 1.29 is 57.2 Å². The van der Waals surface area contributed by atoms with Crippen molar-refractivity contribution in [2.75, 3.05) is 12.4 Å². The molecule has 0 fully saturated rings. The van der Waals surface area contributed by atoms with Crippen molar-refractivity contribution >= 4 is 67.1 Å². The maximum absolute atomic E-state index is 13.4. The Morgan fingerprint density at radius 3 is 2.45 bits per heavy atom. The van der Waals surface area contributed by atoms with Crippen molar-refractivity contribution in [3.8, 4) is 11.5 Å². The Balaban J connectivity index is 0.00000400. The number of hydrogen-bond acceptors (Lipinski definition) is 7. The summed E-state index contributed by atoms with van der Waals surface area (Å²) in [4.78, 5) is 12.6. The van der Waals surface area contributed by atoms with E-state index in [9.17, 15) is 22.9 Å². The fourth-order valence-electron chi connectivity index (χ4n) is 3.63. The number of rotatable bonds is 6. The minimum Gasteiger partial charge on any atom is -0.870 e. The molecule has 0 bridgehead atoms. The van der Waals surface area contributed by atoms with E-state index in [0.29, 0.717) is 27.2 Å². The molecule has 13 heteroatoms. The first-order valence-electron chi connectivity index (χ1n) is 10.6. The van der Waals surface area contributed by atoms with E-state index in [2.05, 4.69) is 15.5 Å². The summed E-state index contributed by atoms with van der Waals surface area (Å²) in [6.07, 6.45) is 0. The number of anilines is 1. The predicted octanol–water partition coefficient (Wildman–Crippen LogP) is 3.46. The molecule has 0 spiro atoms. The number of hydrogen-bond donors (Lipinski definition) is 2. The van der Waals surface area contributed by atoms with Gasteiger partial charge in [0.1, 0.15) is 10.6 Å². The molecule has 0 unspecified atom stereocenters. The second kappa shape index (κ2) is 12.0. The smallest absolute Gasteiger partial charge is 0.870 e. The molecule has 4 aromatic rings. The first-order valence-corrected chi connectivity index (χ1v) is 12.8. The molecule has 1 amide bonds. The van der Waals surface area contributed by atoms with Crippen molar-refractivity contribution in [3.63, 3.8) is 0 Å². The second-order valence-corrected chi connectivity index (χ2v) is 10.1. The van der Waals surface area contributed by atoms with Gasteiger partial charge >= 0.3 is 29.6 Å². The number of methoxy groups -OCH3 is 1. The van der Waals surface area contributed by atoms with Gasteiger partial charge in [0.2, 0.25) is 0 Å². The summed E-state index contributed by atoms with van der Waals surface area (Å²) in [6, 6.07) is 15.3. The molecule has 2 N–H and O–H groups in total. The molecule has 0 aliphatic rings. The van der Waals surface area contributed by atoms with E-state index in [1.165, 1.54) is 32.2 Å². The van der Waals surface area contributed by atoms with Crippen LogP contribution >= 0.6 is 23.2 Å². The maximum atomic E-state index is 13.4. The van der Waals surface area contributed by atoms with Crippen LogP contribution in [0, 0.1) is 6.92 Å². The first kappa shape index (κ1) is 29.9. The molecule has 0 aliphatic heterocycles. The van der Waals surface area contributed by atoms with Crippen molar-refractivity contribution in [1.29, 1.82) is 0 Å². The van der Waals surface area contributed by atoms with Crippen LogP contribution in [0.25, 0.3) is 10.8 Å². The number of nitrogens with one attached hydrogen (secondary N) is 1. The molecule has 0 atom stereocenters. The number of benzene rings is 4. The average Bonchev–Trinajstić information content (AvgIpc) is 2.85. The summed E-state index contributed by atoms with van der Waals surface area (Å²) in [7, 11) is -3.14. The van der Waals surface area contributed by atoms with Crippen molar-refractivity contribution in [3.05, 3.63) is 81.8 Å². The first-order chi connectivity index (χ1) is 17.5. The molecule has 0 aromatic heterocycles. The van der Waals surface area contributed by atoms with Gasteiger partial charge in [-0.25, -0.2) is 0 Å². The molecule has 0 saturated heterocycles. The van der Waals surface area contributed by atoms with Crippen molar-refractivity contribution in [2.24, 2.45) is 10.2 Å². The van der Waals surface area contributed by atoms with Gasteiger partial charge in [-0.2, -0.15) is 18.6 Å². The molecule has 38 heavy (non-hydrogen) atoms. The molecule has 0 saturated carbocycles. The van der Waals surface area contributed by atoms with E-state index in [1.54, 1.807) is 36.4 Å². The second-order valence-electron chi connectivity index (χ2n) is 7.85.